The predicted molar refractivity (Wildman–Crippen MR) is 55.8 cm³/mol. The zero-order valence-corrected chi connectivity index (χ0v) is 9.01. The van der Waals surface area contributed by atoms with Crippen molar-refractivity contribution < 1.29 is 0 Å². The molecule has 2 heterocycles. The molecule has 0 atom stereocenters. The average molecular weight is 261 g/mol. The van der Waals surface area contributed by atoms with Gasteiger partial charge in [-0.1, -0.05) is 11.6 Å². The number of fused-ring (bicyclic) bond motifs is 1. The smallest absolute Gasteiger partial charge is 0.132 e. The predicted octanol–water partition coefficient (Wildman–Crippen LogP) is 2.21. The monoisotopic (exact) mass is 259 g/mol. The first kappa shape index (κ1) is 8.99. The van der Waals surface area contributed by atoms with Crippen LogP contribution < -0.4 is 5.73 Å². The fourth-order valence-corrected chi connectivity index (χ4v) is 1.90. The zero-order valence-electron chi connectivity index (χ0n) is 6.67. The summed E-state index contributed by atoms with van der Waals surface area (Å²) in [5, 5.41) is 0.691. The number of rotatable bonds is 1. The molecule has 2 aromatic heterocycles. The molecule has 0 aliphatic heterocycles. The largest absolute Gasteiger partial charge is 0.324 e. The van der Waals surface area contributed by atoms with Crippen LogP contribution >= 0.6 is 27.5 Å². The highest BCUT2D eigenvalue weighted by atomic mass is 79.9. The minimum absolute atomic E-state index is 0.411. The van der Waals surface area contributed by atoms with Crippen LogP contribution in [-0.2, 0) is 6.54 Å². The normalized spacial score (nSPS) is 11.0. The summed E-state index contributed by atoms with van der Waals surface area (Å²) in [5.74, 6) is 0.818. The van der Waals surface area contributed by atoms with Gasteiger partial charge in [0, 0.05) is 11.2 Å². The Labute approximate surface area is 88.6 Å². The Hall–Kier alpha value is -0.580. The van der Waals surface area contributed by atoms with Crippen LogP contribution in [0.25, 0.3) is 5.52 Å². The molecule has 0 saturated carbocycles. The lowest BCUT2D eigenvalue weighted by Gasteiger charge is -1.97. The third-order valence-corrected chi connectivity index (χ3v) is 2.63. The van der Waals surface area contributed by atoms with Gasteiger partial charge in [-0.3, -0.25) is 0 Å². The molecule has 2 aromatic rings. The topological polar surface area (TPSA) is 43.3 Å². The van der Waals surface area contributed by atoms with Crippen LogP contribution in [0.3, 0.4) is 0 Å². The van der Waals surface area contributed by atoms with E-state index in [2.05, 4.69) is 20.9 Å². The lowest BCUT2D eigenvalue weighted by Crippen LogP contribution is -2.01. The Bertz CT molecular complexity index is 452. The molecule has 0 aliphatic carbocycles. The van der Waals surface area contributed by atoms with Crippen molar-refractivity contribution in [1.29, 1.82) is 0 Å². The van der Waals surface area contributed by atoms with E-state index in [1.807, 2.05) is 22.7 Å². The van der Waals surface area contributed by atoms with E-state index < -0.39 is 0 Å². The number of halogens is 2. The second-order valence-electron chi connectivity index (χ2n) is 2.62. The number of nitrogens with two attached hydrogens (primary N) is 1. The summed E-state index contributed by atoms with van der Waals surface area (Å²) < 4.78 is 2.69. The lowest BCUT2D eigenvalue weighted by molar-refractivity contribution is 0.901. The maximum absolute atomic E-state index is 5.85. The molecule has 0 fully saturated rings. The number of hydrogen-bond acceptors (Lipinski definition) is 2. The van der Waals surface area contributed by atoms with Crippen LogP contribution in [0.5, 0.6) is 0 Å². The van der Waals surface area contributed by atoms with Crippen LogP contribution in [0.2, 0.25) is 5.02 Å². The lowest BCUT2D eigenvalue weighted by atomic mass is 10.4. The number of pyridine rings is 1. The van der Waals surface area contributed by atoms with Crippen molar-refractivity contribution in [2.75, 3.05) is 0 Å². The Morgan fingerprint density at radius 2 is 2.38 bits per heavy atom. The Morgan fingerprint density at radius 3 is 3.08 bits per heavy atom. The van der Waals surface area contributed by atoms with Crippen molar-refractivity contribution in [3.8, 4) is 0 Å². The van der Waals surface area contributed by atoms with Gasteiger partial charge >= 0.3 is 0 Å². The fourth-order valence-electron chi connectivity index (χ4n) is 1.23. The summed E-state index contributed by atoms with van der Waals surface area (Å²) >= 11 is 9.20. The maximum atomic E-state index is 5.85. The molecule has 3 nitrogen and oxygen atoms in total. The highest BCUT2D eigenvalue weighted by molar-refractivity contribution is 9.10. The van der Waals surface area contributed by atoms with Gasteiger partial charge in [0.15, 0.2) is 0 Å². The van der Waals surface area contributed by atoms with Gasteiger partial charge in [0.05, 0.1) is 12.1 Å². The van der Waals surface area contributed by atoms with Gasteiger partial charge in [0.1, 0.15) is 10.4 Å². The van der Waals surface area contributed by atoms with Crippen molar-refractivity contribution in [1.82, 2.24) is 9.38 Å². The first-order valence-electron chi connectivity index (χ1n) is 3.74. The van der Waals surface area contributed by atoms with Gasteiger partial charge in [-0.25, -0.2) is 4.98 Å². The molecule has 13 heavy (non-hydrogen) atoms. The van der Waals surface area contributed by atoms with E-state index in [0.29, 0.717) is 11.6 Å². The summed E-state index contributed by atoms with van der Waals surface area (Å²) in [6, 6.07) is 3.65. The first-order chi connectivity index (χ1) is 6.22. The second-order valence-corrected chi connectivity index (χ2v) is 3.81. The van der Waals surface area contributed by atoms with Crippen molar-refractivity contribution >= 4 is 33.0 Å². The minimum atomic E-state index is 0.411. The molecule has 0 bridgehead atoms. The van der Waals surface area contributed by atoms with Gasteiger partial charge < -0.3 is 10.1 Å². The van der Waals surface area contributed by atoms with Crippen LogP contribution in [0.1, 0.15) is 5.82 Å². The van der Waals surface area contributed by atoms with Gasteiger partial charge in [0.2, 0.25) is 0 Å². The molecule has 2 rings (SSSR count). The summed E-state index contributed by atoms with van der Waals surface area (Å²) in [4.78, 5) is 4.25. The quantitative estimate of drug-likeness (QED) is 0.854. The van der Waals surface area contributed by atoms with Crippen molar-refractivity contribution in [3.05, 3.63) is 33.8 Å². The Balaban J connectivity index is 2.80. The molecule has 0 aliphatic rings. The Kier molecular flexibility index (Phi) is 2.27. The average Bonchev–Trinajstić information content (AvgIpc) is 2.43. The van der Waals surface area contributed by atoms with Gasteiger partial charge in [-0.05, 0) is 28.1 Å². The Morgan fingerprint density at radius 1 is 1.62 bits per heavy atom. The van der Waals surface area contributed by atoms with E-state index in [9.17, 15) is 0 Å². The molecule has 2 N–H and O–H groups in total. The third-order valence-electron chi connectivity index (χ3n) is 1.82. The minimum Gasteiger partial charge on any atom is -0.324 e. The molecule has 0 amide bonds. The van der Waals surface area contributed by atoms with E-state index in [4.69, 9.17) is 17.3 Å². The molecule has 0 unspecified atom stereocenters. The third kappa shape index (κ3) is 1.45. The molecular weight excluding hydrogens is 253 g/mol. The van der Waals surface area contributed by atoms with Crippen molar-refractivity contribution in [3.63, 3.8) is 0 Å². The molecule has 0 radical (unpaired) electrons. The molecule has 0 aromatic carbocycles. The number of imidazole rings is 1. The fraction of sp³-hybridized carbons (Fsp3) is 0.125. The van der Waals surface area contributed by atoms with E-state index in [1.165, 1.54) is 0 Å². The number of hydrogen-bond donors (Lipinski definition) is 1. The summed E-state index contributed by atoms with van der Waals surface area (Å²) in [6.07, 6.45) is 1.86. The first-order valence-corrected chi connectivity index (χ1v) is 4.91. The van der Waals surface area contributed by atoms with Crippen molar-refractivity contribution in [2.45, 2.75) is 6.54 Å². The number of nitrogens with zero attached hydrogens (tertiary/aromatic N) is 2. The van der Waals surface area contributed by atoms with Crippen LogP contribution in [-0.4, -0.2) is 9.38 Å². The van der Waals surface area contributed by atoms with Crippen LogP contribution in [0.4, 0.5) is 0 Å². The van der Waals surface area contributed by atoms with Gasteiger partial charge in [-0.2, -0.15) is 0 Å². The highest BCUT2D eigenvalue weighted by Gasteiger charge is 2.06. The molecular formula is C8H7BrClN3. The van der Waals surface area contributed by atoms with E-state index in [0.717, 1.165) is 15.9 Å². The van der Waals surface area contributed by atoms with Crippen LogP contribution in [0.15, 0.2) is 22.9 Å². The second kappa shape index (κ2) is 3.29. The molecule has 5 heteroatoms. The summed E-state index contributed by atoms with van der Waals surface area (Å²) in [5.41, 5.74) is 6.47. The zero-order chi connectivity index (χ0) is 9.42. The van der Waals surface area contributed by atoms with E-state index in [-0.39, 0.29) is 0 Å². The SMILES string of the molecule is NCc1nc(Br)c2cc(Cl)ccn12. The summed E-state index contributed by atoms with van der Waals surface area (Å²) in [7, 11) is 0. The summed E-state index contributed by atoms with van der Waals surface area (Å²) in [6.45, 7) is 0.411. The molecule has 0 saturated heterocycles. The van der Waals surface area contributed by atoms with Gasteiger partial charge in [0.25, 0.3) is 0 Å². The standard InChI is InChI=1S/C8H7BrClN3/c9-8-6-3-5(10)1-2-13(6)7(4-11)12-8/h1-3H,4,11H2. The molecule has 0 spiro atoms. The van der Waals surface area contributed by atoms with E-state index >= 15 is 0 Å². The number of aromatic nitrogens is 2. The molecule has 68 valence electrons. The maximum Gasteiger partial charge on any atom is 0.132 e. The van der Waals surface area contributed by atoms with Crippen LogP contribution in [0, 0.1) is 0 Å². The highest BCUT2D eigenvalue weighted by Crippen LogP contribution is 2.21. The van der Waals surface area contributed by atoms with E-state index in [1.54, 1.807) is 0 Å². The van der Waals surface area contributed by atoms with Gasteiger partial charge in [-0.15, -0.1) is 0 Å². The van der Waals surface area contributed by atoms with Crippen molar-refractivity contribution in [2.24, 2.45) is 5.73 Å².